The first-order chi connectivity index (χ1) is 12.2. The van der Waals surface area contributed by atoms with Crippen LogP contribution in [0.1, 0.15) is 21.5 Å². The van der Waals surface area contributed by atoms with Crippen molar-refractivity contribution in [2.75, 3.05) is 6.61 Å². The highest BCUT2D eigenvalue weighted by Gasteiger charge is 2.30. The summed E-state index contributed by atoms with van der Waals surface area (Å²) in [6.45, 7) is -0.907. The summed E-state index contributed by atoms with van der Waals surface area (Å²) in [7, 11) is 0. The van der Waals surface area contributed by atoms with Crippen molar-refractivity contribution in [1.82, 2.24) is 5.32 Å². The first kappa shape index (κ1) is 19.7. The molecule has 2 aromatic rings. The molecule has 0 atom stereocenters. The van der Waals surface area contributed by atoms with Crippen molar-refractivity contribution in [3.05, 3.63) is 70.0 Å². The van der Waals surface area contributed by atoms with Crippen LogP contribution >= 0.6 is 11.6 Å². The van der Waals surface area contributed by atoms with E-state index in [9.17, 15) is 27.2 Å². The zero-order chi connectivity index (χ0) is 19.3. The molecule has 0 saturated carbocycles. The van der Waals surface area contributed by atoms with Gasteiger partial charge in [0.05, 0.1) is 11.1 Å². The van der Waals surface area contributed by atoms with Crippen molar-refractivity contribution in [2.24, 2.45) is 0 Å². The van der Waals surface area contributed by atoms with Crippen molar-refractivity contribution < 1.29 is 31.9 Å². The summed E-state index contributed by atoms with van der Waals surface area (Å²) in [5.74, 6) is -2.69. The van der Waals surface area contributed by atoms with Gasteiger partial charge in [0.15, 0.2) is 6.61 Å². The van der Waals surface area contributed by atoms with Gasteiger partial charge in [-0.05, 0) is 35.9 Å². The molecule has 9 heteroatoms. The third-order valence-electron chi connectivity index (χ3n) is 3.23. The second-order valence-corrected chi connectivity index (χ2v) is 5.61. The number of alkyl halides is 3. The van der Waals surface area contributed by atoms with Gasteiger partial charge in [-0.15, -0.1) is 0 Å². The van der Waals surface area contributed by atoms with Gasteiger partial charge in [-0.3, -0.25) is 4.79 Å². The summed E-state index contributed by atoms with van der Waals surface area (Å²) < 4.78 is 56.0. The molecule has 0 fully saturated rings. The number of hydrogen-bond acceptors (Lipinski definition) is 3. The van der Waals surface area contributed by atoms with Crippen LogP contribution in [0.15, 0.2) is 42.5 Å². The predicted octanol–water partition coefficient (Wildman–Crippen LogP) is 3.97. The molecule has 1 amide bonds. The number of benzene rings is 2. The van der Waals surface area contributed by atoms with Crippen LogP contribution in [-0.2, 0) is 22.3 Å². The number of ether oxygens (including phenoxy) is 1. The monoisotopic (exact) mass is 389 g/mol. The number of hydrogen-bond donors (Lipinski definition) is 1. The lowest BCUT2D eigenvalue weighted by Crippen LogP contribution is -2.28. The van der Waals surface area contributed by atoms with Crippen LogP contribution in [0.4, 0.5) is 17.6 Å². The minimum Gasteiger partial charge on any atom is -0.452 e. The zero-order valence-corrected chi connectivity index (χ0v) is 13.8. The largest absolute Gasteiger partial charge is 0.452 e. The molecule has 2 aromatic carbocycles. The molecule has 0 unspecified atom stereocenters. The van der Waals surface area contributed by atoms with Gasteiger partial charge in [0.25, 0.3) is 5.91 Å². The van der Waals surface area contributed by atoms with E-state index in [2.05, 4.69) is 10.1 Å². The molecule has 0 aliphatic rings. The summed E-state index contributed by atoms with van der Waals surface area (Å²) in [6, 6.07) is 7.71. The normalized spacial score (nSPS) is 11.1. The lowest BCUT2D eigenvalue weighted by molar-refractivity contribution is -0.137. The predicted molar refractivity (Wildman–Crippen MR) is 85.0 cm³/mol. The molecule has 0 saturated heterocycles. The smallest absolute Gasteiger partial charge is 0.416 e. The van der Waals surface area contributed by atoms with Crippen LogP contribution in [-0.4, -0.2) is 18.5 Å². The molecular weight excluding hydrogens is 378 g/mol. The third kappa shape index (κ3) is 5.45. The maximum Gasteiger partial charge on any atom is 0.416 e. The van der Waals surface area contributed by atoms with Crippen LogP contribution in [0.3, 0.4) is 0 Å². The summed E-state index contributed by atoms with van der Waals surface area (Å²) in [6.07, 6.45) is -4.49. The van der Waals surface area contributed by atoms with E-state index in [1.165, 1.54) is 18.2 Å². The van der Waals surface area contributed by atoms with Gasteiger partial charge in [-0.25, -0.2) is 9.18 Å². The number of carbonyl (C=O) groups is 2. The van der Waals surface area contributed by atoms with Gasteiger partial charge >= 0.3 is 12.1 Å². The standard InChI is InChI=1S/C17H12ClF4NO3/c18-12-4-5-14(19)13(7-12)16(25)26-9-15(24)23-8-10-2-1-3-11(6-10)17(20,21)22/h1-7H,8-9H2,(H,23,24). The van der Waals surface area contributed by atoms with Crippen molar-refractivity contribution in [3.63, 3.8) is 0 Å². The lowest BCUT2D eigenvalue weighted by Gasteiger charge is -2.10. The van der Waals surface area contributed by atoms with E-state index in [4.69, 9.17) is 11.6 Å². The number of halogens is 5. The van der Waals surface area contributed by atoms with Gasteiger partial charge in [-0.2, -0.15) is 13.2 Å². The van der Waals surface area contributed by atoms with Crippen molar-refractivity contribution in [1.29, 1.82) is 0 Å². The number of rotatable bonds is 5. The molecule has 0 aromatic heterocycles. The average molecular weight is 390 g/mol. The first-order valence-corrected chi connectivity index (χ1v) is 7.59. The molecule has 1 N–H and O–H groups in total. The number of nitrogens with one attached hydrogen (secondary N) is 1. The Morgan fingerprint density at radius 1 is 1.12 bits per heavy atom. The van der Waals surface area contributed by atoms with E-state index in [1.54, 1.807) is 0 Å². The highest BCUT2D eigenvalue weighted by atomic mass is 35.5. The Bertz CT molecular complexity index is 824. The average Bonchev–Trinajstić information content (AvgIpc) is 2.59. The molecular formula is C17H12ClF4NO3. The molecule has 0 aliphatic heterocycles. The van der Waals surface area contributed by atoms with Crippen LogP contribution in [0.2, 0.25) is 5.02 Å². The van der Waals surface area contributed by atoms with Crippen LogP contribution in [0, 0.1) is 5.82 Å². The number of carbonyl (C=O) groups excluding carboxylic acids is 2. The molecule has 0 aliphatic carbocycles. The Balaban J connectivity index is 1.88. The lowest BCUT2D eigenvalue weighted by atomic mass is 10.1. The quantitative estimate of drug-likeness (QED) is 0.622. The Morgan fingerprint density at radius 3 is 2.54 bits per heavy atom. The fourth-order valence-electron chi connectivity index (χ4n) is 1.97. The topological polar surface area (TPSA) is 55.4 Å². The zero-order valence-electron chi connectivity index (χ0n) is 13.1. The molecule has 0 bridgehead atoms. The van der Waals surface area contributed by atoms with Gasteiger partial charge in [0.2, 0.25) is 0 Å². The molecule has 26 heavy (non-hydrogen) atoms. The van der Waals surface area contributed by atoms with Crippen molar-refractivity contribution in [2.45, 2.75) is 12.7 Å². The maximum absolute atomic E-state index is 13.5. The summed E-state index contributed by atoms with van der Waals surface area (Å²) in [5.41, 5.74) is -1.05. The summed E-state index contributed by atoms with van der Waals surface area (Å²) >= 11 is 5.65. The van der Waals surface area contributed by atoms with Crippen molar-refractivity contribution >= 4 is 23.5 Å². The summed E-state index contributed by atoms with van der Waals surface area (Å²) in [4.78, 5) is 23.4. The van der Waals surface area contributed by atoms with E-state index in [0.29, 0.717) is 0 Å². The maximum atomic E-state index is 13.5. The number of esters is 1. The Morgan fingerprint density at radius 2 is 1.85 bits per heavy atom. The molecule has 2 rings (SSSR count). The fourth-order valence-corrected chi connectivity index (χ4v) is 2.14. The molecule has 0 spiro atoms. The highest BCUT2D eigenvalue weighted by Crippen LogP contribution is 2.29. The second kappa shape index (κ2) is 8.18. The van der Waals surface area contributed by atoms with Crippen molar-refractivity contribution in [3.8, 4) is 0 Å². The molecule has 138 valence electrons. The van der Waals surface area contributed by atoms with Gasteiger partial charge in [-0.1, -0.05) is 23.7 Å². The first-order valence-electron chi connectivity index (χ1n) is 7.22. The SMILES string of the molecule is O=C(COC(=O)c1cc(Cl)ccc1F)NCc1cccc(C(F)(F)F)c1. The Labute approximate surface area is 150 Å². The van der Waals surface area contributed by atoms with Crippen LogP contribution < -0.4 is 5.32 Å². The van der Waals surface area contributed by atoms with E-state index < -0.39 is 41.6 Å². The van der Waals surface area contributed by atoms with Crippen LogP contribution in [0.25, 0.3) is 0 Å². The van der Waals surface area contributed by atoms with Gasteiger partial charge in [0, 0.05) is 11.6 Å². The van der Waals surface area contributed by atoms with Crippen LogP contribution in [0.5, 0.6) is 0 Å². The molecule has 0 heterocycles. The van der Waals surface area contributed by atoms with E-state index >= 15 is 0 Å². The summed E-state index contributed by atoms with van der Waals surface area (Å²) in [5, 5.41) is 2.43. The van der Waals surface area contributed by atoms with E-state index in [1.807, 2.05) is 0 Å². The highest BCUT2D eigenvalue weighted by molar-refractivity contribution is 6.30. The van der Waals surface area contributed by atoms with Gasteiger partial charge < -0.3 is 10.1 Å². The second-order valence-electron chi connectivity index (χ2n) is 5.18. The Kier molecular flexibility index (Phi) is 6.20. The minimum absolute atomic E-state index is 0.118. The number of amides is 1. The molecule has 4 nitrogen and oxygen atoms in total. The minimum atomic E-state index is -4.49. The fraction of sp³-hybridized carbons (Fsp3) is 0.176. The van der Waals surface area contributed by atoms with E-state index in [0.717, 1.165) is 24.3 Å². The molecule has 0 radical (unpaired) electrons. The Hall–Kier alpha value is -2.61. The third-order valence-corrected chi connectivity index (χ3v) is 3.46. The van der Waals surface area contributed by atoms with E-state index in [-0.39, 0.29) is 17.1 Å². The van der Waals surface area contributed by atoms with Gasteiger partial charge in [0.1, 0.15) is 5.82 Å².